The Kier molecular flexibility index (Phi) is 5.80. The number of nitrogens with one attached hydrogen (secondary N) is 3. The third kappa shape index (κ3) is 4.23. The van der Waals surface area contributed by atoms with E-state index in [1.165, 1.54) is 6.07 Å². The number of hydrogen-bond donors (Lipinski definition) is 4. The van der Waals surface area contributed by atoms with Crippen LogP contribution in [0, 0.1) is 17.7 Å². The van der Waals surface area contributed by atoms with E-state index in [9.17, 15) is 14.7 Å². The van der Waals surface area contributed by atoms with Gasteiger partial charge < -0.3 is 30.2 Å². The SMILES string of the molecule is O=C(O)C1CCN(c2cc3[nH]c(=O)c(-c4nc5ccccc5[nH]4)c(N[C@H]4CN5CCC4CC5)c3cc2F)CC1. The van der Waals surface area contributed by atoms with Crippen LogP contribution in [0.1, 0.15) is 25.7 Å². The smallest absolute Gasteiger partial charge is 0.306 e. The molecule has 202 valence electrons. The van der Waals surface area contributed by atoms with E-state index in [0.717, 1.165) is 43.5 Å². The summed E-state index contributed by atoms with van der Waals surface area (Å²) in [4.78, 5) is 40.4. The van der Waals surface area contributed by atoms with Crippen molar-refractivity contribution in [1.82, 2.24) is 19.9 Å². The number of hydrogen-bond acceptors (Lipinski definition) is 6. The first kappa shape index (κ1) is 24.1. The largest absolute Gasteiger partial charge is 0.481 e. The average Bonchev–Trinajstić information content (AvgIpc) is 3.37. The van der Waals surface area contributed by atoms with Crippen molar-refractivity contribution < 1.29 is 14.3 Å². The van der Waals surface area contributed by atoms with E-state index in [1.807, 2.05) is 29.2 Å². The maximum absolute atomic E-state index is 15.8. The van der Waals surface area contributed by atoms with Crippen molar-refractivity contribution in [3.8, 4) is 11.4 Å². The second-order valence-corrected chi connectivity index (χ2v) is 11.1. The van der Waals surface area contributed by atoms with Crippen LogP contribution in [-0.4, -0.2) is 69.7 Å². The van der Waals surface area contributed by atoms with Gasteiger partial charge in [-0.3, -0.25) is 9.59 Å². The molecule has 4 aliphatic heterocycles. The Morgan fingerprint density at radius 1 is 1.03 bits per heavy atom. The molecule has 8 rings (SSSR count). The minimum atomic E-state index is -0.806. The number of benzene rings is 2. The summed E-state index contributed by atoms with van der Waals surface area (Å²) >= 11 is 0. The van der Waals surface area contributed by atoms with Gasteiger partial charge in [0.25, 0.3) is 5.56 Å². The van der Waals surface area contributed by atoms with Gasteiger partial charge in [0.1, 0.15) is 17.2 Å². The second kappa shape index (κ2) is 9.37. The van der Waals surface area contributed by atoms with Crippen LogP contribution < -0.4 is 15.8 Å². The summed E-state index contributed by atoms with van der Waals surface area (Å²) in [6.07, 6.45) is 3.12. The van der Waals surface area contributed by atoms with Gasteiger partial charge in [0, 0.05) is 31.1 Å². The Morgan fingerprint density at radius 3 is 2.49 bits per heavy atom. The van der Waals surface area contributed by atoms with E-state index < -0.39 is 17.7 Å². The van der Waals surface area contributed by atoms with Gasteiger partial charge in [-0.2, -0.15) is 0 Å². The van der Waals surface area contributed by atoms with E-state index in [-0.39, 0.29) is 11.6 Å². The number of carboxylic acids is 1. The van der Waals surface area contributed by atoms with Crippen molar-refractivity contribution >= 4 is 39.3 Å². The maximum atomic E-state index is 15.8. The van der Waals surface area contributed by atoms with Crippen molar-refractivity contribution in [2.45, 2.75) is 31.7 Å². The third-order valence-electron chi connectivity index (χ3n) is 8.88. The van der Waals surface area contributed by atoms with E-state index >= 15 is 4.39 Å². The van der Waals surface area contributed by atoms with E-state index in [2.05, 4.69) is 20.2 Å². The number of piperidine rings is 4. The summed E-state index contributed by atoms with van der Waals surface area (Å²) in [7, 11) is 0. The lowest BCUT2D eigenvalue weighted by atomic mass is 9.83. The number of carboxylic acid groups (broad SMARTS) is 1. The number of para-hydroxylation sites is 2. The summed E-state index contributed by atoms with van der Waals surface area (Å²) in [6.45, 7) is 3.96. The molecular weight excluding hydrogens is 499 g/mol. The molecule has 2 aromatic carbocycles. The van der Waals surface area contributed by atoms with Crippen LogP contribution in [-0.2, 0) is 4.79 Å². The molecule has 10 heteroatoms. The average molecular weight is 531 g/mol. The van der Waals surface area contributed by atoms with Gasteiger partial charge in [0.15, 0.2) is 0 Å². The fraction of sp³-hybridized carbons (Fsp3) is 0.414. The van der Waals surface area contributed by atoms with Gasteiger partial charge in [0.2, 0.25) is 0 Å². The number of aromatic amines is 2. The van der Waals surface area contributed by atoms with Crippen LogP contribution in [0.4, 0.5) is 15.8 Å². The fourth-order valence-corrected chi connectivity index (χ4v) is 6.68. The Balaban J connectivity index is 1.35. The Bertz CT molecular complexity index is 1600. The quantitative estimate of drug-likeness (QED) is 0.308. The summed E-state index contributed by atoms with van der Waals surface area (Å²) in [6, 6.07) is 11.0. The first-order valence-electron chi connectivity index (χ1n) is 13.8. The molecule has 0 unspecified atom stereocenters. The Morgan fingerprint density at radius 2 is 1.79 bits per heavy atom. The molecule has 4 saturated heterocycles. The monoisotopic (exact) mass is 530 g/mol. The van der Waals surface area contributed by atoms with Crippen LogP contribution >= 0.6 is 0 Å². The van der Waals surface area contributed by atoms with Crippen LogP contribution in [0.2, 0.25) is 0 Å². The highest BCUT2D eigenvalue weighted by Gasteiger charge is 2.35. The maximum Gasteiger partial charge on any atom is 0.306 e. The molecule has 9 nitrogen and oxygen atoms in total. The van der Waals surface area contributed by atoms with Gasteiger partial charge in [-0.15, -0.1) is 0 Å². The van der Waals surface area contributed by atoms with Gasteiger partial charge >= 0.3 is 5.97 Å². The highest BCUT2D eigenvalue weighted by atomic mass is 19.1. The van der Waals surface area contributed by atoms with Crippen molar-refractivity contribution in [1.29, 1.82) is 0 Å². The van der Waals surface area contributed by atoms with Crippen molar-refractivity contribution in [3.63, 3.8) is 0 Å². The zero-order valence-electron chi connectivity index (χ0n) is 21.5. The highest BCUT2D eigenvalue weighted by molar-refractivity contribution is 6.00. The molecule has 4 aliphatic rings. The number of halogens is 1. The highest BCUT2D eigenvalue weighted by Crippen LogP contribution is 2.38. The molecule has 6 heterocycles. The lowest BCUT2D eigenvalue weighted by Gasteiger charge is -2.45. The van der Waals surface area contributed by atoms with Crippen LogP contribution in [0.15, 0.2) is 41.2 Å². The third-order valence-corrected chi connectivity index (χ3v) is 8.88. The van der Waals surface area contributed by atoms with Crippen molar-refractivity contribution in [2.75, 3.05) is 42.9 Å². The fourth-order valence-electron chi connectivity index (χ4n) is 6.68. The van der Waals surface area contributed by atoms with Gasteiger partial charge in [-0.05, 0) is 69.0 Å². The lowest BCUT2D eigenvalue weighted by Crippen LogP contribution is -2.53. The van der Waals surface area contributed by atoms with Gasteiger partial charge in [0.05, 0.1) is 33.8 Å². The predicted molar refractivity (Wildman–Crippen MR) is 149 cm³/mol. The molecule has 4 aromatic rings. The molecular formula is C29H31FN6O3. The van der Waals surface area contributed by atoms with Crippen molar-refractivity contribution in [3.05, 3.63) is 52.6 Å². The molecule has 0 radical (unpaired) electrons. The minimum absolute atomic E-state index is 0.151. The molecule has 0 amide bonds. The number of H-pyrrole nitrogens is 2. The topological polar surface area (TPSA) is 117 Å². The standard InChI is InChI=1S/C29H31FN6O3/c30-19-13-18-22(14-24(19)36-11-7-17(8-12-36)29(38)39)34-28(37)25(27-32-20-3-1-2-4-21(20)33-27)26(18)31-23-15-35-9-5-16(23)6-10-35/h1-4,13-14,16-17,23H,5-12,15H2,(H,32,33)(H,38,39)(H2,31,34,37)/t23-/m0/s1. The first-order chi connectivity index (χ1) is 18.9. The van der Waals surface area contributed by atoms with Crippen molar-refractivity contribution in [2.24, 2.45) is 11.8 Å². The number of anilines is 2. The molecule has 2 bridgehead atoms. The van der Waals surface area contributed by atoms with Crippen LogP contribution in [0.25, 0.3) is 33.3 Å². The molecule has 2 aromatic heterocycles. The summed E-state index contributed by atoms with van der Waals surface area (Å²) < 4.78 is 15.8. The molecule has 4 N–H and O–H groups in total. The number of nitrogens with zero attached hydrogens (tertiary/aromatic N) is 3. The van der Waals surface area contributed by atoms with E-state index in [0.29, 0.717) is 65.5 Å². The molecule has 0 aliphatic carbocycles. The van der Waals surface area contributed by atoms with Gasteiger partial charge in [-0.1, -0.05) is 12.1 Å². The molecule has 1 atom stereocenters. The summed E-state index contributed by atoms with van der Waals surface area (Å²) in [5.74, 6) is -0.667. The summed E-state index contributed by atoms with van der Waals surface area (Å²) in [5, 5.41) is 13.6. The zero-order valence-corrected chi connectivity index (χ0v) is 21.5. The molecule has 0 saturated carbocycles. The molecule has 0 spiro atoms. The van der Waals surface area contributed by atoms with Gasteiger partial charge in [-0.25, -0.2) is 9.37 Å². The molecule has 4 fully saturated rings. The zero-order chi connectivity index (χ0) is 26.7. The second-order valence-electron chi connectivity index (χ2n) is 11.1. The first-order valence-corrected chi connectivity index (χ1v) is 13.8. The number of pyridine rings is 1. The Hall–Kier alpha value is -3.92. The normalized spacial score (nSPS) is 23.5. The number of aliphatic carboxylic acids is 1. The number of rotatable bonds is 5. The number of imidazole rings is 1. The predicted octanol–water partition coefficient (Wildman–Crippen LogP) is 4.02. The number of carbonyl (C=O) groups is 1. The van der Waals surface area contributed by atoms with Crippen LogP contribution in [0.5, 0.6) is 0 Å². The lowest BCUT2D eigenvalue weighted by molar-refractivity contribution is -0.142. The van der Waals surface area contributed by atoms with E-state index in [1.54, 1.807) is 6.07 Å². The van der Waals surface area contributed by atoms with E-state index in [4.69, 9.17) is 4.98 Å². The summed E-state index contributed by atoms with van der Waals surface area (Å²) in [5.41, 5.74) is 3.19. The number of fused-ring (bicyclic) bond motifs is 5. The number of aromatic nitrogens is 3. The van der Waals surface area contributed by atoms with Crippen LogP contribution in [0.3, 0.4) is 0 Å². The minimum Gasteiger partial charge on any atom is -0.481 e. The Labute approximate surface area is 224 Å². The molecule has 39 heavy (non-hydrogen) atoms.